The van der Waals surface area contributed by atoms with Gasteiger partial charge in [0.2, 0.25) is 0 Å². The SMILES string of the molecule is CCOC(CN)CCS(=O)Cc1cccc(C)c1. The molecule has 3 nitrogen and oxygen atoms in total. The Morgan fingerprint density at radius 2 is 2.22 bits per heavy atom. The van der Waals surface area contributed by atoms with Gasteiger partial charge in [-0.1, -0.05) is 29.8 Å². The lowest BCUT2D eigenvalue weighted by Crippen LogP contribution is -2.25. The summed E-state index contributed by atoms with van der Waals surface area (Å²) in [6.45, 7) is 5.15. The largest absolute Gasteiger partial charge is 0.377 e. The first kappa shape index (κ1) is 15.3. The van der Waals surface area contributed by atoms with E-state index < -0.39 is 10.8 Å². The number of hydrogen-bond acceptors (Lipinski definition) is 3. The highest BCUT2D eigenvalue weighted by molar-refractivity contribution is 7.84. The molecule has 0 fully saturated rings. The van der Waals surface area contributed by atoms with Crippen LogP contribution in [0.1, 0.15) is 24.5 Å². The van der Waals surface area contributed by atoms with Crippen LogP contribution >= 0.6 is 0 Å². The van der Waals surface area contributed by atoms with Crippen molar-refractivity contribution < 1.29 is 8.95 Å². The molecule has 0 amide bonds. The van der Waals surface area contributed by atoms with Crippen LogP contribution in [0.15, 0.2) is 24.3 Å². The van der Waals surface area contributed by atoms with Crippen molar-refractivity contribution in [1.29, 1.82) is 0 Å². The van der Waals surface area contributed by atoms with Gasteiger partial charge >= 0.3 is 0 Å². The number of benzene rings is 1. The molecule has 2 N–H and O–H groups in total. The van der Waals surface area contributed by atoms with Crippen molar-refractivity contribution >= 4 is 10.8 Å². The number of nitrogens with two attached hydrogens (primary N) is 1. The maximum absolute atomic E-state index is 12.0. The Labute approximate surface area is 112 Å². The van der Waals surface area contributed by atoms with Gasteiger partial charge in [-0.2, -0.15) is 0 Å². The lowest BCUT2D eigenvalue weighted by molar-refractivity contribution is 0.0672. The highest BCUT2D eigenvalue weighted by Gasteiger charge is 2.09. The van der Waals surface area contributed by atoms with E-state index >= 15 is 0 Å². The summed E-state index contributed by atoms with van der Waals surface area (Å²) in [6.07, 6.45) is 0.805. The van der Waals surface area contributed by atoms with E-state index in [0.29, 0.717) is 24.7 Å². The van der Waals surface area contributed by atoms with Gasteiger partial charge in [-0.3, -0.25) is 4.21 Å². The molecule has 0 aliphatic heterocycles. The van der Waals surface area contributed by atoms with Gasteiger partial charge in [0.1, 0.15) is 0 Å². The molecule has 0 radical (unpaired) electrons. The van der Waals surface area contributed by atoms with E-state index in [2.05, 4.69) is 6.07 Å². The zero-order valence-corrected chi connectivity index (χ0v) is 12.0. The number of aryl methyl sites for hydroxylation is 1. The Balaban J connectivity index is 2.37. The fourth-order valence-electron chi connectivity index (χ4n) is 1.83. The van der Waals surface area contributed by atoms with Gasteiger partial charge in [-0.25, -0.2) is 0 Å². The Kier molecular flexibility index (Phi) is 7.16. The molecule has 1 aromatic rings. The maximum atomic E-state index is 12.0. The smallest absolute Gasteiger partial charge is 0.0705 e. The first-order chi connectivity index (χ1) is 8.65. The van der Waals surface area contributed by atoms with Gasteiger partial charge in [-0.05, 0) is 25.8 Å². The summed E-state index contributed by atoms with van der Waals surface area (Å²) in [7, 11) is -0.841. The van der Waals surface area contributed by atoms with Crippen molar-refractivity contribution in [2.75, 3.05) is 18.9 Å². The second-order valence-corrected chi connectivity index (χ2v) is 5.96. The fraction of sp³-hybridized carbons (Fsp3) is 0.571. The monoisotopic (exact) mass is 269 g/mol. The first-order valence-electron chi connectivity index (χ1n) is 6.38. The van der Waals surface area contributed by atoms with Crippen LogP contribution in [0, 0.1) is 6.92 Å². The lowest BCUT2D eigenvalue weighted by atomic mass is 10.2. The van der Waals surface area contributed by atoms with Gasteiger partial charge < -0.3 is 10.5 Å². The average Bonchev–Trinajstić information content (AvgIpc) is 2.34. The third-order valence-electron chi connectivity index (χ3n) is 2.74. The van der Waals surface area contributed by atoms with E-state index in [-0.39, 0.29) is 6.10 Å². The molecule has 0 saturated carbocycles. The highest BCUT2D eigenvalue weighted by Crippen LogP contribution is 2.08. The lowest BCUT2D eigenvalue weighted by Gasteiger charge is -2.14. The molecule has 2 atom stereocenters. The fourth-order valence-corrected chi connectivity index (χ4v) is 3.05. The third-order valence-corrected chi connectivity index (χ3v) is 4.09. The van der Waals surface area contributed by atoms with E-state index in [1.165, 1.54) is 5.56 Å². The van der Waals surface area contributed by atoms with E-state index in [9.17, 15) is 4.21 Å². The van der Waals surface area contributed by atoms with Crippen LogP contribution in [0.5, 0.6) is 0 Å². The van der Waals surface area contributed by atoms with Crippen LogP contribution in [-0.2, 0) is 21.3 Å². The molecule has 2 unspecified atom stereocenters. The maximum Gasteiger partial charge on any atom is 0.0705 e. The van der Waals surface area contributed by atoms with Crippen molar-refractivity contribution in [1.82, 2.24) is 0 Å². The molecule has 0 aliphatic carbocycles. The van der Waals surface area contributed by atoms with E-state index in [4.69, 9.17) is 10.5 Å². The van der Waals surface area contributed by atoms with Crippen molar-refractivity contribution in [3.05, 3.63) is 35.4 Å². The Hall–Kier alpha value is -0.710. The summed E-state index contributed by atoms with van der Waals surface area (Å²) in [5, 5.41) is 0. The quantitative estimate of drug-likeness (QED) is 0.785. The molecule has 4 heteroatoms. The van der Waals surface area contributed by atoms with Gasteiger partial charge in [-0.15, -0.1) is 0 Å². The normalized spacial score (nSPS) is 14.4. The average molecular weight is 269 g/mol. The van der Waals surface area contributed by atoms with Gasteiger partial charge in [0.05, 0.1) is 6.10 Å². The van der Waals surface area contributed by atoms with Crippen LogP contribution in [0.3, 0.4) is 0 Å². The van der Waals surface area contributed by atoms with Crippen molar-refractivity contribution in [3.63, 3.8) is 0 Å². The molecule has 0 aliphatic rings. The predicted octanol–water partition coefficient (Wildman–Crippen LogP) is 2.00. The van der Waals surface area contributed by atoms with Crippen LogP contribution in [-0.4, -0.2) is 29.2 Å². The van der Waals surface area contributed by atoms with Crippen molar-refractivity contribution in [2.45, 2.75) is 32.1 Å². The zero-order chi connectivity index (χ0) is 13.4. The first-order valence-corrected chi connectivity index (χ1v) is 7.86. The minimum Gasteiger partial charge on any atom is -0.377 e. The Morgan fingerprint density at radius 3 is 2.83 bits per heavy atom. The third kappa shape index (κ3) is 5.76. The minimum absolute atomic E-state index is 0.0384. The molecular weight excluding hydrogens is 246 g/mol. The van der Waals surface area contributed by atoms with Crippen LogP contribution < -0.4 is 5.73 Å². The van der Waals surface area contributed by atoms with Crippen molar-refractivity contribution in [3.8, 4) is 0 Å². The topological polar surface area (TPSA) is 52.3 Å². The molecule has 0 heterocycles. The molecule has 0 aromatic heterocycles. The molecule has 0 bridgehead atoms. The Morgan fingerprint density at radius 1 is 1.44 bits per heavy atom. The number of ether oxygens (including phenoxy) is 1. The molecule has 0 saturated heterocycles. The van der Waals surface area contributed by atoms with Gasteiger partial charge in [0, 0.05) is 35.5 Å². The molecular formula is C14H23NO2S. The summed E-state index contributed by atoms with van der Waals surface area (Å²) in [5.41, 5.74) is 7.93. The molecule has 18 heavy (non-hydrogen) atoms. The summed E-state index contributed by atoms with van der Waals surface area (Å²) in [4.78, 5) is 0. The summed E-state index contributed by atoms with van der Waals surface area (Å²) in [6, 6.07) is 8.16. The standard InChI is InChI=1S/C14H23NO2S/c1-3-17-14(10-15)7-8-18(16)11-13-6-4-5-12(2)9-13/h4-6,9,14H,3,7-8,10-11,15H2,1-2H3. The van der Waals surface area contributed by atoms with E-state index in [0.717, 1.165) is 12.0 Å². The molecule has 102 valence electrons. The summed E-state index contributed by atoms with van der Waals surface area (Å²) in [5.74, 6) is 1.26. The van der Waals surface area contributed by atoms with Gasteiger partial charge in [0.15, 0.2) is 0 Å². The van der Waals surface area contributed by atoms with Gasteiger partial charge in [0.25, 0.3) is 0 Å². The molecule has 0 spiro atoms. The van der Waals surface area contributed by atoms with Crippen LogP contribution in [0.2, 0.25) is 0 Å². The number of rotatable bonds is 8. The Bertz CT molecular complexity index is 382. The van der Waals surface area contributed by atoms with Crippen LogP contribution in [0.4, 0.5) is 0 Å². The molecule has 1 aromatic carbocycles. The van der Waals surface area contributed by atoms with Crippen molar-refractivity contribution in [2.24, 2.45) is 5.73 Å². The summed E-state index contributed by atoms with van der Waals surface area (Å²) < 4.78 is 17.4. The van der Waals surface area contributed by atoms with Crippen LogP contribution in [0.25, 0.3) is 0 Å². The predicted molar refractivity (Wildman–Crippen MR) is 77.0 cm³/mol. The highest BCUT2D eigenvalue weighted by atomic mass is 32.2. The second-order valence-electron chi connectivity index (χ2n) is 4.38. The van der Waals surface area contributed by atoms with E-state index in [1.54, 1.807) is 0 Å². The number of hydrogen-bond donors (Lipinski definition) is 1. The summed E-state index contributed by atoms with van der Waals surface area (Å²) >= 11 is 0. The second kappa shape index (κ2) is 8.40. The minimum atomic E-state index is -0.841. The zero-order valence-electron chi connectivity index (χ0n) is 11.2. The van der Waals surface area contributed by atoms with E-state index in [1.807, 2.05) is 32.0 Å². The molecule has 1 rings (SSSR count).